The molecule has 1 saturated heterocycles. The molecule has 2 aliphatic rings. The van der Waals surface area contributed by atoms with E-state index < -0.39 is 11.4 Å². The van der Waals surface area contributed by atoms with E-state index in [0.29, 0.717) is 30.0 Å². The third-order valence-corrected chi connectivity index (χ3v) is 5.36. The molecule has 6 nitrogen and oxygen atoms in total. The molecule has 0 radical (unpaired) electrons. The van der Waals surface area contributed by atoms with Crippen LogP contribution >= 0.6 is 0 Å². The summed E-state index contributed by atoms with van der Waals surface area (Å²) < 4.78 is 10.8. The van der Waals surface area contributed by atoms with Crippen molar-refractivity contribution in [2.24, 2.45) is 11.3 Å². The fraction of sp³-hybridized carbons (Fsp3) is 0.474. The Balaban J connectivity index is 1.86. The van der Waals surface area contributed by atoms with Crippen molar-refractivity contribution >= 4 is 11.9 Å². The van der Waals surface area contributed by atoms with Crippen LogP contribution in [0.3, 0.4) is 0 Å². The molecule has 1 aromatic rings. The van der Waals surface area contributed by atoms with Crippen molar-refractivity contribution in [3.8, 4) is 11.5 Å². The minimum atomic E-state index is -0.789. The Morgan fingerprint density at radius 1 is 1.48 bits per heavy atom. The second-order valence-electron chi connectivity index (χ2n) is 6.70. The molecule has 1 N–H and O–H groups in total. The number of benzene rings is 1. The average molecular weight is 345 g/mol. The number of carboxylic acids is 1. The highest BCUT2D eigenvalue weighted by Crippen LogP contribution is 2.49. The molecule has 1 aromatic carbocycles. The summed E-state index contributed by atoms with van der Waals surface area (Å²) in [6.45, 7) is 4.64. The largest absolute Gasteiger partial charge is 0.497 e. The van der Waals surface area contributed by atoms with Gasteiger partial charge in [0.2, 0.25) is 0 Å². The highest BCUT2D eigenvalue weighted by Gasteiger charge is 2.55. The SMILES string of the molecule is C=CCOc1cc(OC)ccc1C(=O)N1C[C@@H]2CCC[C@@]2(C(=O)O)C1. The molecule has 25 heavy (non-hydrogen) atoms. The third-order valence-electron chi connectivity index (χ3n) is 5.36. The van der Waals surface area contributed by atoms with Crippen molar-refractivity contribution in [3.05, 3.63) is 36.4 Å². The summed E-state index contributed by atoms with van der Waals surface area (Å²) in [5.41, 5.74) is -0.368. The Bertz CT molecular complexity index is 701. The van der Waals surface area contributed by atoms with Crippen LogP contribution in [-0.4, -0.2) is 48.7 Å². The molecule has 1 amide bonds. The highest BCUT2D eigenvalue weighted by molar-refractivity contribution is 5.98. The monoisotopic (exact) mass is 345 g/mol. The Hall–Kier alpha value is -2.50. The van der Waals surface area contributed by atoms with Gasteiger partial charge in [-0.3, -0.25) is 9.59 Å². The number of carbonyl (C=O) groups is 2. The lowest BCUT2D eigenvalue weighted by atomic mass is 9.81. The minimum Gasteiger partial charge on any atom is -0.497 e. The van der Waals surface area contributed by atoms with E-state index in [4.69, 9.17) is 9.47 Å². The molecule has 0 unspecified atom stereocenters. The van der Waals surface area contributed by atoms with Crippen molar-refractivity contribution in [2.75, 3.05) is 26.8 Å². The van der Waals surface area contributed by atoms with E-state index >= 15 is 0 Å². The highest BCUT2D eigenvalue weighted by atomic mass is 16.5. The number of hydrogen-bond donors (Lipinski definition) is 1. The molecule has 3 rings (SSSR count). The molecule has 1 saturated carbocycles. The molecule has 6 heteroatoms. The summed E-state index contributed by atoms with van der Waals surface area (Å²) in [5, 5.41) is 9.69. The van der Waals surface area contributed by atoms with Gasteiger partial charge in [0.1, 0.15) is 18.1 Å². The normalized spacial score (nSPS) is 24.7. The summed E-state index contributed by atoms with van der Waals surface area (Å²) >= 11 is 0. The lowest BCUT2D eigenvalue weighted by Crippen LogP contribution is -2.37. The molecule has 1 aliphatic carbocycles. The molecule has 0 bridgehead atoms. The maximum absolute atomic E-state index is 13.0. The van der Waals surface area contributed by atoms with Gasteiger partial charge in [-0.15, -0.1) is 0 Å². The van der Waals surface area contributed by atoms with Crippen LogP contribution in [0.5, 0.6) is 11.5 Å². The quantitative estimate of drug-likeness (QED) is 0.802. The van der Waals surface area contributed by atoms with Crippen LogP contribution < -0.4 is 9.47 Å². The first-order chi connectivity index (χ1) is 12.0. The van der Waals surface area contributed by atoms with E-state index in [1.165, 1.54) is 0 Å². The predicted octanol–water partition coefficient (Wildman–Crippen LogP) is 2.59. The van der Waals surface area contributed by atoms with Crippen molar-refractivity contribution in [1.29, 1.82) is 0 Å². The van der Waals surface area contributed by atoms with Gasteiger partial charge in [0.15, 0.2) is 0 Å². The van der Waals surface area contributed by atoms with Crippen molar-refractivity contribution < 1.29 is 24.2 Å². The van der Waals surface area contributed by atoms with Crippen LogP contribution in [0.4, 0.5) is 0 Å². The number of hydrogen-bond acceptors (Lipinski definition) is 4. The fourth-order valence-corrected chi connectivity index (χ4v) is 4.04. The fourth-order valence-electron chi connectivity index (χ4n) is 4.04. The first kappa shape index (κ1) is 17.3. The predicted molar refractivity (Wildman–Crippen MR) is 92.0 cm³/mol. The summed E-state index contributed by atoms with van der Waals surface area (Å²) in [7, 11) is 1.55. The van der Waals surface area contributed by atoms with Gasteiger partial charge in [-0.25, -0.2) is 0 Å². The zero-order chi connectivity index (χ0) is 18.0. The number of fused-ring (bicyclic) bond motifs is 1. The van der Waals surface area contributed by atoms with Gasteiger partial charge in [-0.2, -0.15) is 0 Å². The van der Waals surface area contributed by atoms with Gasteiger partial charge in [0, 0.05) is 19.2 Å². The van der Waals surface area contributed by atoms with Crippen LogP contribution in [-0.2, 0) is 4.79 Å². The van der Waals surface area contributed by atoms with Gasteiger partial charge >= 0.3 is 5.97 Å². The Morgan fingerprint density at radius 2 is 2.28 bits per heavy atom. The first-order valence-corrected chi connectivity index (χ1v) is 8.46. The summed E-state index contributed by atoms with van der Waals surface area (Å²) in [4.78, 5) is 26.5. The number of carbonyl (C=O) groups excluding carboxylic acids is 1. The number of carboxylic acid groups (broad SMARTS) is 1. The average Bonchev–Trinajstić information content (AvgIpc) is 3.17. The third kappa shape index (κ3) is 2.97. The number of methoxy groups -OCH3 is 1. The Morgan fingerprint density at radius 3 is 2.92 bits per heavy atom. The van der Waals surface area contributed by atoms with E-state index in [-0.39, 0.29) is 25.0 Å². The minimum absolute atomic E-state index is 0.0322. The summed E-state index contributed by atoms with van der Waals surface area (Å²) in [6.07, 6.45) is 4.01. The number of nitrogens with zero attached hydrogens (tertiary/aromatic N) is 1. The van der Waals surface area contributed by atoms with E-state index in [0.717, 1.165) is 12.8 Å². The number of amides is 1. The lowest BCUT2D eigenvalue weighted by molar-refractivity contribution is -0.149. The molecular weight excluding hydrogens is 322 g/mol. The van der Waals surface area contributed by atoms with E-state index in [2.05, 4.69) is 6.58 Å². The van der Waals surface area contributed by atoms with Crippen molar-refractivity contribution in [3.63, 3.8) is 0 Å². The maximum atomic E-state index is 13.0. The molecular formula is C19H23NO5. The van der Waals surface area contributed by atoms with Crippen LogP contribution in [0.1, 0.15) is 29.6 Å². The standard InChI is InChI=1S/C19H23NO5/c1-3-9-25-16-10-14(24-2)6-7-15(16)17(21)20-11-13-5-4-8-19(13,12-20)18(22)23/h3,6-7,10,13H,1,4-5,8-9,11-12H2,2H3,(H,22,23)/t13-,19+/m0/s1. The van der Waals surface area contributed by atoms with Crippen molar-refractivity contribution in [1.82, 2.24) is 4.90 Å². The first-order valence-electron chi connectivity index (χ1n) is 8.46. The van der Waals surface area contributed by atoms with E-state index in [1.54, 1.807) is 36.3 Å². The number of aliphatic carboxylic acids is 1. The summed E-state index contributed by atoms with van der Waals surface area (Å²) in [6, 6.07) is 5.04. The van der Waals surface area contributed by atoms with Crippen molar-refractivity contribution in [2.45, 2.75) is 19.3 Å². The van der Waals surface area contributed by atoms with Crippen LogP contribution in [0.2, 0.25) is 0 Å². The van der Waals surface area contributed by atoms with E-state index in [1.807, 2.05) is 0 Å². The van der Waals surface area contributed by atoms with Crippen LogP contribution in [0, 0.1) is 11.3 Å². The zero-order valence-corrected chi connectivity index (χ0v) is 14.4. The van der Waals surface area contributed by atoms with E-state index in [9.17, 15) is 14.7 Å². The molecule has 0 aromatic heterocycles. The topological polar surface area (TPSA) is 76.1 Å². The smallest absolute Gasteiger partial charge is 0.311 e. The lowest BCUT2D eigenvalue weighted by Gasteiger charge is -2.23. The van der Waals surface area contributed by atoms with Gasteiger partial charge in [0.25, 0.3) is 5.91 Å². The van der Waals surface area contributed by atoms with Crippen LogP contribution in [0.15, 0.2) is 30.9 Å². The van der Waals surface area contributed by atoms with Gasteiger partial charge in [-0.1, -0.05) is 19.1 Å². The van der Waals surface area contributed by atoms with Gasteiger partial charge in [-0.05, 0) is 30.9 Å². The molecule has 2 fully saturated rings. The maximum Gasteiger partial charge on any atom is 0.311 e. The number of likely N-dealkylation sites (tertiary alicyclic amines) is 1. The Kier molecular flexibility index (Phi) is 4.70. The van der Waals surface area contributed by atoms with Gasteiger partial charge in [0.05, 0.1) is 18.1 Å². The zero-order valence-electron chi connectivity index (χ0n) is 14.4. The Labute approximate surface area is 147 Å². The molecule has 0 spiro atoms. The number of rotatable bonds is 6. The second kappa shape index (κ2) is 6.78. The van der Waals surface area contributed by atoms with Gasteiger partial charge < -0.3 is 19.5 Å². The molecule has 134 valence electrons. The molecule has 1 heterocycles. The molecule has 2 atom stereocenters. The second-order valence-corrected chi connectivity index (χ2v) is 6.70. The summed E-state index contributed by atoms with van der Waals surface area (Å²) in [5.74, 6) is 0.0613. The van der Waals surface area contributed by atoms with Crippen LogP contribution in [0.25, 0.3) is 0 Å². The molecule has 1 aliphatic heterocycles. The number of ether oxygens (including phenoxy) is 2.